The van der Waals surface area contributed by atoms with Gasteiger partial charge in [-0.2, -0.15) is 15.0 Å². The van der Waals surface area contributed by atoms with E-state index in [1.54, 1.807) is 12.1 Å². The van der Waals surface area contributed by atoms with Gasteiger partial charge in [0, 0.05) is 13.1 Å². The molecule has 140 valence electrons. The van der Waals surface area contributed by atoms with Crippen LogP contribution in [-0.2, 0) is 21.3 Å². The molecule has 0 amide bonds. The van der Waals surface area contributed by atoms with Gasteiger partial charge in [-0.25, -0.2) is 13.1 Å². The number of anilines is 1. The van der Waals surface area contributed by atoms with Crippen molar-refractivity contribution in [2.75, 3.05) is 38.3 Å². The summed E-state index contributed by atoms with van der Waals surface area (Å²) < 4.78 is 37.8. The first-order valence-electron chi connectivity index (χ1n) is 7.85. The molecule has 0 bridgehead atoms. The Labute approximate surface area is 156 Å². The first-order chi connectivity index (χ1) is 12.5. The molecule has 2 aromatic rings. The fourth-order valence-electron chi connectivity index (χ4n) is 2.36. The van der Waals surface area contributed by atoms with Crippen molar-refractivity contribution in [1.82, 2.24) is 19.7 Å². The van der Waals surface area contributed by atoms with E-state index in [1.165, 1.54) is 19.2 Å². The Morgan fingerprint density at radius 2 is 1.96 bits per heavy atom. The van der Waals surface area contributed by atoms with Gasteiger partial charge in [0.05, 0.1) is 31.9 Å². The number of morpholine rings is 1. The number of nitrogens with one attached hydrogen (secondary N) is 1. The number of sulfonamides is 1. The van der Waals surface area contributed by atoms with E-state index in [1.807, 2.05) is 4.90 Å². The van der Waals surface area contributed by atoms with Crippen LogP contribution in [0.3, 0.4) is 0 Å². The summed E-state index contributed by atoms with van der Waals surface area (Å²) in [4.78, 5) is 14.6. The van der Waals surface area contributed by atoms with Gasteiger partial charge in [-0.3, -0.25) is 0 Å². The summed E-state index contributed by atoms with van der Waals surface area (Å²) in [5, 5.41) is 0.141. The van der Waals surface area contributed by atoms with Crippen LogP contribution in [0.25, 0.3) is 0 Å². The Morgan fingerprint density at radius 3 is 2.65 bits per heavy atom. The van der Waals surface area contributed by atoms with Gasteiger partial charge in [0.25, 0.3) is 0 Å². The summed E-state index contributed by atoms with van der Waals surface area (Å²) in [5.41, 5.74) is 0. The van der Waals surface area contributed by atoms with Gasteiger partial charge in [-0.05, 0) is 12.1 Å². The van der Waals surface area contributed by atoms with Crippen molar-refractivity contribution in [2.24, 2.45) is 0 Å². The van der Waals surface area contributed by atoms with Crippen LogP contribution in [-0.4, -0.2) is 56.8 Å². The third kappa shape index (κ3) is 4.39. The number of halogens is 1. The van der Waals surface area contributed by atoms with Crippen molar-refractivity contribution >= 4 is 27.6 Å². The molecule has 1 saturated heterocycles. The van der Waals surface area contributed by atoms with Crippen molar-refractivity contribution in [1.29, 1.82) is 0 Å². The average molecular weight is 400 g/mol. The second-order valence-electron chi connectivity index (χ2n) is 5.39. The second kappa shape index (κ2) is 8.12. The fourth-order valence-corrected chi connectivity index (χ4v) is 3.86. The van der Waals surface area contributed by atoms with Crippen LogP contribution >= 0.6 is 11.6 Å². The molecule has 1 fully saturated rings. The van der Waals surface area contributed by atoms with Crippen LogP contribution in [0.15, 0.2) is 29.2 Å². The number of aromatic nitrogens is 3. The number of benzene rings is 1. The van der Waals surface area contributed by atoms with Crippen LogP contribution in [0.4, 0.5) is 5.95 Å². The van der Waals surface area contributed by atoms with Gasteiger partial charge >= 0.3 is 6.01 Å². The summed E-state index contributed by atoms with van der Waals surface area (Å²) in [6.07, 6.45) is 0. The van der Waals surface area contributed by atoms with E-state index in [-0.39, 0.29) is 28.3 Å². The maximum absolute atomic E-state index is 12.4. The zero-order valence-corrected chi connectivity index (χ0v) is 15.6. The monoisotopic (exact) mass is 399 g/mol. The SMILES string of the molecule is COc1nc(CNS(=O)(=O)c2ccccc2Cl)nc(N2CCOCC2)n1. The van der Waals surface area contributed by atoms with Gasteiger partial charge in [0.2, 0.25) is 16.0 Å². The lowest BCUT2D eigenvalue weighted by Crippen LogP contribution is -2.37. The van der Waals surface area contributed by atoms with Gasteiger partial charge < -0.3 is 14.4 Å². The molecule has 0 atom stereocenters. The Bertz CT molecular complexity index is 874. The van der Waals surface area contributed by atoms with E-state index in [4.69, 9.17) is 21.1 Å². The highest BCUT2D eigenvalue weighted by Gasteiger charge is 2.20. The van der Waals surface area contributed by atoms with Crippen molar-refractivity contribution in [3.8, 4) is 6.01 Å². The third-order valence-corrected chi connectivity index (χ3v) is 5.57. The van der Waals surface area contributed by atoms with Crippen molar-refractivity contribution in [3.05, 3.63) is 35.1 Å². The zero-order valence-electron chi connectivity index (χ0n) is 14.1. The minimum Gasteiger partial charge on any atom is -0.467 e. The molecule has 1 aromatic carbocycles. The quantitative estimate of drug-likeness (QED) is 0.761. The van der Waals surface area contributed by atoms with Gasteiger partial charge in [0.15, 0.2) is 5.82 Å². The van der Waals surface area contributed by atoms with Crippen LogP contribution in [0, 0.1) is 0 Å². The number of nitrogens with zero attached hydrogens (tertiary/aromatic N) is 4. The molecule has 1 aliphatic heterocycles. The summed E-state index contributed by atoms with van der Waals surface area (Å²) in [5.74, 6) is 0.668. The summed E-state index contributed by atoms with van der Waals surface area (Å²) in [6, 6.07) is 6.32. The summed E-state index contributed by atoms with van der Waals surface area (Å²) in [6.45, 7) is 2.30. The lowest BCUT2D eigenvalue weighted by molar-refractivity contribution is 0.122. The van der Waals surface area contributed by atoms with E-state index in [9.17, 15) is 8.42 Å². The number of ether oxygens (including phenoxy) is 2. The Kier molecular flexibility index (Phi) is 5.87. The maximum Gasteiger partial charge on any atom is 0.321 e. The van der Waals surface area contributed by atoms with E-state index in [0.29, 0.717) is 32.3 Å². The normalized spacial score (nSPS) is 15.1. The smallest absolute Gasteiger partial charge is 0.321 e. The van der Waals surface area contributed by atoms with Crippen molar-refractivity contribution in [2.45, 2.75) is 11.4 Å². The summed E-state index contributed by atoms with van der Waals surface area (Å²) >= 11 is 5.97. The number of rotatable bonds is 6. The number of hydrogen-bond acceptors (Lipinski definition) is 8. The topological polar surface area (TPSA) is 107 Å². The molecule has 11 heteroatoms. The minimum absolute atomic E-state index is 0.00362. The van der Waals surface area contributed by atoms with Gasteiger partial charge in [-0.1, -0.05) is 23.7 Å². The molecule has 1 aliphatic rings. The number of hydrogen-bond donors (Lipinski definition) is 1. The molecule has 1 N–H and O–H groups in total. The standard InChI is InChI=1S/C15H18ClN5O4S/c1-24-15-19-13(18-14(20-15)21-6-8-25-9-7-21)10-17-26(22,23)12-5-3-2-4-11(12)16/h2-5,17H,6-10H2,1H3. The molecule has 0 radical (unpaired) electrons. The fraction of sp³-hybridized carbons (Fsp3) is 0.400. The number of methoxy groups -OCH3 is 1. The van der Waals surface area contributed by atoms with Crippen LogP contribution in [0.1, 0.15) is 5.82 Å². The highest BCUT2D eigenvalue weighted by Crippen LogP contribution is 2.20. The predicted octanol–water partition coefficient (Wildman–Crippen LogP) is 0.849. The molecular formula is C15H18ClN5O4S. The molecule has 0 aliphatic carbocycles. The van der Waals surface area contributed by atoms with Crippen molar-refractivity contribution < 1.29 is 17.9 Å². The van der Waals surface area contributed by atoms with Crippen LogP contribution in [0.5, 0.6) is 6.01 Å². The molecule has 26 heavy (non-hydrogen) atoms. The lowest BCUT2D eigenvalue weighted by Gasteiger charge is -2.26. The Balaban J connectivity index is 1.80. The minimum atomic E-state index is -3.80. The van der Waals surface area contributed by atoms with Crippen LogP contribution < -0.4 is 14.4 Å². The lowest BCUT2D eigenvalue weighted by atomic mass is 10.4. The van der Waals surface area contributed by atoms with E-state index in [0.717, 1.165) is 0 Å². The van der Waals surface area contributed by atoms with E-state index >= 15 is 0 Å². The Morgan fingerprint density at radius 1 is 1.23 bits per heavy atom. The predicted molar refractivity (Wildman–Crippen MR) is 94.9 cm³/mol. The first kappa shape index (κ1) is 18.8. The second-order valence-corrected chi connectivity index (χ2v) is 7.54. The maximum atomic E-state index is 12.4. The van der Waals surface area contributed by atoms with E-state index in [2.05, 4.69) is 19.7 Å². The highest BCUT2D eigenvalue weighted by atomic mass is 35.5. The molecule has 0 unspecified atom stereocenters. The molecule has 3 rings (SSSR count). The molecule has 0 spiro atoms. The van der Waals surface area contributed by atoms with Gasteiger partial charge in [0.1, 0.15) is 4.90 Å². The van der Waals surface area contributed by atoms with Crippen LogP contribution in [0.2, 0.25) is 5.02 Å². The molecule has 1 aromatic heterocycles. The largest absolute Gasteiger partial charge is 0.467 e. The molecular weight excluding hydrogens is 382 g/mol. The zero-order chi connectivity index (χ0) is 18.6. The van der Waals surface area contributed by atoms with E-state index < -0.39 is 10.0 Å². The highest BCUT2D eigenvalue weighted by molar-refractivity contribution is 7.89. The van der Waals surface area contributed by atoms with Gasteiger partial charge in [-0.15, -0.1) is 0 Å². The average Bonchev–Trinajstić information content (AvgIpc) is 2.67. The van der Waals surface area contributed by atoms with Crippen molar-refractivity contribution in [3.63, 3.8) is 0 Å². The summed E-state index contributed by atoms with van der Waals surface area (Å²) in [7, 11) is -2.36. The molecule has 0 saturated carbocycles. The molecule has 2 heterocycles. The Hall–Kier alpha value is -2.01. The first-order valence-corrected chi connectivity index (χ1v) is 9.71. The molecule has 9 nitrogen and oxygen atoms in total. The third-order valence-electron chi connectivity index (χ3n) is 3.67.